The Kier molecular flexibility index (Phi) is 5.53. The molecule has 4 rings (SSSR count). The van der Waals surface area contributed by atoms with Crippen LogP contribution < -0.4 is 14.8 Å². The SMILES string of the molecule is Cc1ccc(NC(=O)[C@@H](Sc2ccc3c(c2)OCCO3)c2ccccc2)cc1. The van der Waals surface area contributed by atoms with Gasteiger partial charge in [-0.1, -0.05) is 48.0 Å². The van der Waals surface area contributed by atoms with Gasteiger partial charge in [0.1, 0.15) is 18.5 Å². The summed E-state index contributed by atoms with van der Waals surface area (Å²) in [6, 6.07) is 23.4. The lowest BCUT2D eigenvalue weighted by atomic mass is 10.1. The highest BCUT2D eigenvalue weighted by molar-refractivity contribution is 8.00. The van der Waals surface area contributed by atoms with Gasteiger partial charge in [-0.2, -0.15) is 0 Å². The van der Waals surface area contributed by atoms with Crippen LogP contribution in [-0.4, -0.2) is 19.1 Å². The van der Waals surface area contributed by atoms with Gasteiger partial charge in [-0.05, 0) is 42.8 Å². The van der Waals surface area contributed by atoms with Crippen LogP contribution in [0.4, 0.5) is 5.69 Å². The van der Waals surface area contributed by atoms with Gasteiger partial charge < -0.3 is 14.8 Å². The second-order valence-electron chi connectivity index (χ2n) is 6.57. The molecule has 3 aromatic rings. The summed E-state index contributed by atoms with van der Waals surface area (Å²) < 4.78 is 11.3. The van der Waals surface area contributed by atoms with Crippen molar-refractivity contribution in [1.29, 1.82) is 0 Å². The quantitative estimate of drug-likeness (QED) is 0.605. The van der Waals surface area contributed by atoms with Gasteiger partial charge in [-0.3, -0.25) is 4.79 Å². The number of carbonyl (C=O) groups excluding carboxylic acids is 1. The van der Waals surface area contributed by atoms with Crippen molar-refractivity contribution in [2.24, 2.45) is 0 Å². The molecule has 0 bridgehead atoms. The summed E-state index contributed by atoms with van der Waals surface area (Å²) in [5, 5.41) is 2.65. The van der Waals surface area contributed by atoms with Crippen LogP contribution in [0.25, 0.3) is 0 Å². The zero-order chi connectivity index (χ0) is 19.3. The maximum atomic E-state index is 13.1. The second-order valence-corrected chi connectivity index (χ2v) is 7.75. The number of benzene rings is 3. The van der Waals surface area contributed by atoms with Crippen LogP contribution in [0.5, 0.6) is 11.5 Å². The predicted molar refractivity (Wildman–Crippen MR) is 112 cm³/mol. The first kappa shape index (κ1) is 18.4. The number of rotatable bonds is 5. The topological polar surface area (TPSA) is 47.6 Å². The van der Waals surface area contributed by atoms with Gasteiger partial charge in [-0.15, -0.1) is 11.8 Å². The van der Waals surface area contributed by atoms with E-state index >= 15 is 0 Å². The third-order valence-electron chi connectivity index (χ3n) is 4.43. The van der Waals surface area contributed by atoms with Gasteiger partial charge in [-0.25, -0.2) is 0 Å². The molecule has 1 N–H and O–H groups in total. The van der Waals surface area contributed by atoms with Crippen LogP contribution in [-0.2, 0) is 4.79 Å². The van der Waals surface area contributed by atoms with Crippen LogP contribution in [0, 0.1) is 6.92 Å². The molecule has 1 heterocycles. The molecule has 0 fully saturated rings. The summed E-state index contributed by atoms with van der Waals surface area (Å²) in [6.07, 6.45) is 0. The second kappa shape index (κ2) is 8.40. The molecule has 5 heteroatoms. The highest BCUT2D eigenvalue weighted by Gasteiger charge is 2.23. The van der Waals surface area contributed by atoms with E-state index in [1.807, 2.05) is 79.7 Å². The lowest BCUT2D eigenvalue weighted by molar-refractivity contribution is -0.115. The van der Waals surface area contributed by atoms with Crippen molar-refractivity contribution < 1.29 is 14.3 Å². The number of thioether (sulfide) groups is 1. The molecule has 0 saturated carbocycles. The van der Waals surface area contributed by atoms with Crippen LogP contribution in [0.3, 0.4) is 0 Å². The number of aryl methyl sites for hydroxylation is 1. The largest absolute Gasteiger partial charge is 0.486 e. The van der Waals surface area contributed by atoms with Gasteiger partial charge in [0.2, 0.25) is 5.91 Å². The summed E-state index contributed by atoms with van der Waals surface area (Å²) in [7, 11) is 0. The van der Waals surface area contributed by atoms with Crippen LogP contribution >= 0.6 is 11.8 Å². The zero-order valence-corrected chi connectivity index (χ0v) is 16.4. The Morgan fingerprint density at radius 2 is 1.64 bits per heavy atom. The number of fused-ring (bicyclic) bond motifs is 1. The highest BCUT2D eigenvalue weighted by Crippen LogP contribution is 2.40. The molecule has 0 aliphatic carbocycles. The van der Waals surface area contributed by atoms with Crippen molar-refractivity contribution in [1.82, 2.24) is 0 Å². The fraction of sp³-hybridized carbons (Fsp3) is 0.174. The Hall–Kier alpha value is -2.92. The summed E-state index contributed by atoms with van der Waals surface area (Å²) in [4.78, 5) is 14.1. The Balaban J connectivity index is 1.58. The van der Waals surface area contributed by atoms with E-state index in [1.165, 1.54) is 11.8 Å². The van der Waals surface area contributed by atoms with E-state index in [-0.39, 0.29) is 11.2 Å². The number of carbonyl (C=O) groups is 1. The van der Waals surface area contributed by atoms with E-state index in [9.17, 15) is 4.79 Å². The van der Waals surface area contributed by atoms with Crippen molar-refractivity contribution >= 4 is 23.4 Å². The van der Waals surface area contributed by atoms with E-state index in [1.54, 1.807) is 0 Å². The summed E-state index contributed by atoms with van der Waals surface area (Å²) in [5.74, 6) is 1.41. The fourth-order valence-corrected chi connectivity index (χ4v) is 4.03. The summed E-state index contributed by atoms with van der Waals surface area (Å²) in [6.45, 7) is 3.12. The van der Waals surface area contributed by atoms with Crippen LogP contribution in [0.1, 0.15) is 16.4 Å². The molecule has 1 amide bonds. The third kappa shape index (κ3) is 4.31. The molecule has 4 nitrogen and oxygen atoms in total. The van der Waals surface area contributed by atoms with Gasteiger partial charge in [0.05, 0.1) is 0 Å². The Bertz CT molecular complexity index is 957. The molecule has 1 aliphatic heterocycles. The molecular weight excluding hydrogens is 370 g/mol. The van der Waals surface area contributed by atoms with Crippen molar-refractivity contribution in [2.75, 3.05) is 18.5 Å². The highest BCUT2D eigenvalue weighted by atomic mass is 32.2. The van der Waals surface area contributed by atoms with Gasteiger partial charge in [0, 0.05) is 10.6 Å². The van der Waals surface area contributed by atoms with Gasteiger partial charge in [0.15, 0.2) is 11.5 Å². The van der Waals surface area contributed by atoms with Crippen LogP contribution in [0.15, 0.2) is 77.7 Å². The predicted octanol–water partition coefficient (Wildman–Crippen LogP) is 5.24. The average molecular weight is 391 g/mol. The first-order chi connectivity index (χ1) is 13.7. The monoisotopic (exact) mass is 391 g/mol. The molecule has 28 heavy (non-hydrogen) atoms. The molecule has 0 spiro atoms. The number of nitrogens with one attached hydrogen (secondary N) is 1. The molecule has 0 unspecified atom stereocenters. The van der Waals surface area contributed by atoms with E-state index in [0.29, 0.717) is 13.2 Å². The molecule has 0 saturated heterocycles. The number of anilines is 1. The normalized spacial score (nSPS) is 13.6. The van der Waals surface area contributed by atoms with E-state index in [0.717, 1.165) is 33.2 Å². The molecule has 1 atom stereocenters. The van der Waals surface area contributed by atoms with Crippen LogP contribution in [0.2, 0.25) is 0 Å². The van der Waals surface area contributed by atoms with Gasteiger partial charge >= 0.3 is 0 Å². The lowest BCUT2D eigenvalue weighted by Gasteiger charge is -2.21. The number of amides is 1. The Morgan fingerprint density at radius 1 is 0.929 bits per heavy atom. The first-order valence-corrected chi connectivity index (χ1v) is 10.1. The van der Waals surface area contributed by atoms with Crippen molar-refractivity contribution in [3.05, 3.63) is 83.9 Å². The summed E-state index contributed by atoms with van der Waals surface area (Å²) in [5.41, 5.74) is 2.90. The first-order valence-electron chi connectivity index (χ1n) is 9.18. The molecule has 3 aromatic carbocycles. The smallest absolute Gasteiger partial charge is 0.242 e. The zero-order valence-electron chi connectivity index (χ0n) is 15.6. The van der Waals surface area contributed by atoms with E-state index in [2.05, 4.69) is 5.32 Å². The van der Waals surface area contributed by atoms with Crippen molar-refractivity contribution in [3.8, 4) is 11.5 Å². The van der Waals surface area contributed by atoms with E-state index in [4.69, 9.17) is 9.47 Å². The molecule has 0 aromatic heterocycles. The maximum Gasteiger partial charge on any atom is 0.242 e. The van der Waals surface area contributed by atoms with Crippen molar-refractivity contribution in [3.63, 3.8) is 0 Å². The standard InChI is InChI=1S/C23H21NO3S/c1-16-7-9-18(10-8-16)24-23(25)22(17-5-3-2-4-6-17)28-19-11-12-20-21(15-19)27-14-13-26-20/h2-12,15,22H,13-14H2,1H3,(H,24,25)/t22-/m0/s1. The lowest BCUT2D eigenvalue weighted by Crippen LogP contribution is -2.19. The molecular formula is C23H21NO3S. The molecule has 1 aliphatic rings. The minimum Gasteiger partial charge on any atom is -0.486 e. The van der Waals surface area contributed by atoms with E-state index < -0.39 is 0 Å². The fourth-order valence-electron chi connectivity index (χ4n) is 2.98. The Morgan fingerprint density at radius 3 is 2.39 bits per heavy atom. The van der Waals surface area contributed by atoms with Gasteiger partial charge in [0.25, 0.3) is 0 Å². The minimum atomic E-state index is -0.384. The van der Waals surface area contributed by atoms with Crippen molar-refractivity contribution in [2.45, 2.75) is 17.1 Å². The molecule has 142 valence electrons. The third-order valence-corrected chi connectivity index (χ3v) is 5.68. The molecule has 0 radical (unpaired) electrons. The number of hydrogen-bond donors (Lipinski definition) is 1. The maximum absolute atomic E-state index is 13.1. The summed E-state index contributed by atoms with van der Waals surface area (Å²) >= 11 is 1.50. The average Bonchev–Trinajstić information content (AvgIpc) is 2.74. The number of hydrogen-bond acceptors (Lipinski definition) is 4. The Labute approximate surface area is 168 Å². The minimum absolute atomic E-state index is 0.0602. The number of ether oxygens (including phenoxy) is 2.